The van der Waals surface area contributed by atoms with E-state index in [4.69, 9.17) is 14.5 Å². The number of aromatic nitrogens is 4. The summed E-state index contributed by atoms with van der Waals surface area (Å²) in [5, 5.41) is 0. The van der Waals surface area contributed by atoms with Crippen LogP contribution in [0.2, 0.25) is 0 Å². The van der Waals surface area contributed by atoms with Gasteiger partial charge in [-0.05, 0) is 45.0 Å². The molecule has 1 amide bonds. The summed E-state index contributed by atoms with van der Waals surface area (Å²) in [5.41, 5.74) is 2.94. The third kappa shape index (κ3) is 4.93. The number of fused-ring (bicyclic) bond motifs is 3. The number of carbonyl (C=O) groups is 1. The van der Waals surface area contributed by atoms with Gasteiger partial charge in [0, 0.05) is 37.5 Å². The molecule has 4 aromatic heterocycles. The van der Waals surface area contributed by atoms with Crippen LogP contribution in [0.4, 0.5) is 9.18 Å². The molecule has 1 aliphatic rings. The predicted molar refractivity (Wildman–Crippen MR) is 130 cm³/mol. The Bertz CT molecular complexity index is 1490. The maximum Gasteiger partial charge on any atom is 0.410 e. The summed E-state index contributed by atoms with van der Waals surface area (Å²) in [5.74, 6) is -0.0287. The first kappa shape index (κ1) is 23.5. The highest BCUT2D eigenvalue weighted by molar-refractivity contribution is 5.68. The molecule has 5 heterocycles. The van der Waals surface area contributed by atoms with Gasteiger partial charge in [-0.1, -0.05) is 0 Å². The second kappa shape index (κ2) is 9.10. The number of imidazole rings is 1. The molecule has 9 nitrogen and oxygen atoms in total. The van der Waals surface area contributed by atoms with Gasteiger partial charge in [0.25, 0.3) is 5.56 Å². The van der Waals surface area contributed by atoms with E-state index >= 15 is 0 Å². The van der Waals surface area contributed by atoms with Crippen molar-refractivity contribution in [2.75, 3.05) is 6.54 Å². The van der Waals surface area contributed by atoms with Crippen LogP contribution in [0.1, 0.15) is 37.9 Å². The first-order chi connectivity index (χ1) is 17.2. The predicted octanol–water partition coefficient (Wildman–Crippen LogP) is 3.89. The molecule has 0 aliphatic carbocycles. The third-order valence-corrected chi connectivity index (χ3v) is 5.75. The van der Waals surface area contributed by atoms with E-state index < -0.39 is 11.4 Å². The van der Waals surface area contributed by atoms with E-state index in [1.807, 2.05) is 43.5 Å². The van der Waals surface area contributed by atoms with Crippen molar-refractivity contribution in [2.45, 2.75) is 45.9 Å². The highest BCUT2D eigenvalue weighted by atomic mass is 19.1. The molecular weight excluding hydrogens is 465 g/mol. The van der Waals surface area contributed by atoms with Crippen molar-refractivity contribution in [1.29, 1.82) is 0 Å². The van der Waals surface area contributed by atoms with Crippen molar-refractivity contribution in [2.24, 2.45) is 0 Å². The highest BCUT2D eigenvalue weighted by Crippen LogP contribution is 2.23. The molecule has 36 heavy (non-hydrogen) atoms. The number of carbonyl (C=O) groups excluding carboxylic acids is 1. The van der Waals surface area contributed by atoms with Gasteiger partial charge in [0.1, 0.15) is 29.4 Å². The van der Waals surface area contributed by atoms with Crippen molar-refractivity contribution in [3.8, 4) is 11.4 Å². The second-order valence-corrected chi connectivity index (χ2v) is 9.60. The number of hydrogen-bond acceptors (Lipinski definition) is 6. The fraction of sp³-hybridized carbons (Fsp3) is 0.308. The van der Waals surface area contributed by atoms with Crippen molar-refractivity contribution in [1.82, 2.24) is 23.8 Å². The quantitative estimate of drug-likeness (QED) is 0.430. The van der Waals surface area contributed by atoms with Crippen LogP contribution < -0.4 is 10.3 Å². The first-order valence-corrected chi connectivity index (χ1v) is 11.6. The maximum absolute atomic E-state index is 13.0. The summed E-state index contributed by atoms with van der Waals surface area (Å²) in [6.45, 7) is 6.60. The van der Waals surface area contributed by atoms with Crippen molar-refractivity contribution >= 4 is 11.7 Å². The van der Waals surface area contributed by atoms with Crippen LogP contribution in [0.25, 0.3) is 11.3 Å². The molecule has 0 spiro atoms. The number of rotatable bonds is 4. The Morgan fingerprint density at radius 2 is 1.97 bits per heavy atom. The van der Waals surface area contributed by atoms with E-state index in [0.29, 0.717) is 42.3 Å². The maximum atomic E-state index is 13.0. The molecule has 0 radical (unpaired) electrons. The Balaban J connectivity index is 1.34. The largest absolute Gasteiger partial charge is 0.487 e. The van der Waals surface area contributed by atoms with Gasteiger partial charge in [0.05, 0.1) is 35.5 Å². The van der Waals surface area contributed by atoms with Crippen molar-refractivity contribution in [3.05, 3.63) is 88.2 Å². The number of nitrogens with zero attached hydrogens (tertiary/aromatic N) is 5. The van der Waals surface area contributed by atoms with Gasteiger partial charge in [-0.15, -0.1) is 0 Å². The van der Waals surface area contributed by atoms with Gasteiger partial charge < -0.3 is 18.8 Å². The fourth-order valence-electron chi connectivity index (χ4n) is 4.05. The monoisotopic (exact) mass is 491 g/mol. The molecular formula is C26H26FN5O4. The summed E-state index contributed by atoms with van der Waals surface area (Å²) in [6.07, 6.45) is 4.89. The van der Waals surface area contributed by atoms with Crippen LogP contribution in [0.3, 0.4) is 0 Å². The summed E-state index contributed by atoms with van der Waals surface area (Å²) >= 11 is 0. The molecule has 0 fully saturated rings. The van der Waals surface area contributed by atoms with E-state index in [-0.39, 0.29) is 18.3 Å². The molecule has 0 aromatic carbocycles. The lowest BCUT2D eigenvalue weighted by Gasteiger charge is -2.29. The van der Waals surface area contributed by atoms with Gasteiger partial charge in [-0.2, -0.15) is 0 Å². The molecule has 0 atom stereocenters. The molecule has 10 heteroatoms. The highest BCUT2D eigenvalue weighted by Gasteiger charge is 2.28. The fourth-order valence-corrected chi connectivity index (χ4v) is 4.05. The van der Waals surface area contributed by atoms with Crippen LogP contribution in [-0.4, -0.2) is 42.1 Å². The molecule has 0 unspecified atom stereocenters. The van der Waals surface area contributed by atoms with Crippen LogP contribution in [0, 0.1) is 5.82 Å². The Kier molecular flexibility index (Phi) is 5.95. The van der Waals surface area contributed by atoms with Crippen LogP contribution in [0.15, 0.2) is 59.8 Å². The normalized spacial score (nSPS) is 13.5. The lowest BCUT2D eigenvalue weighted by atomic mass is 10.1. The molecule has 0 N–H and O–H groups in total. The van der Waals surface area contributed by atoms with Crippen molar-refractivity contribution in [3.63, 3.8) is 0 Å². The van der Waals surface area contributed by atoms with Gasteiger partial charge >= 0.3 is 6.09 Å². The van der Waals surface area contributed by atoms with Gasteiger partial charge in [-0.25, -0.2) is 14.2 Å². The number of hydrogen-bond donors (Lipinski definition) is 0. The SMILES string of the molecule is CC(C)(C)OC(=O)N1CCc2nc3cc(-n4ccc(OCc5ccc(F)cn5)cc4=O)ccn3c2C1. The zero-order chi connectivity index (χ0) is 25.4. The number of ether oxygens (including phenoxy) is 2. The average molecular weight is 492 g/mol. The molecule has 4 aromatic rings. The molecule has 5 rings (SSSR count). The Labute approximate surface area is 206 Å². The van der Waals surface area contributed by atoms with Crippen LogP contribution in [-0.2, 0) is 24.3 Å². The smallest absolute Gasteiger partial charge is 0.410 e. The minimum absolute atomic E-state index is 0.121. The van der Waals surface area contributed by atoms with Gasteiger partial charge in [-0.3, -0.25) is 14.3 Å². The second-order valence-electron chi connectivity index (χ2n) is 9.60. The van der Waals surface area contributed by atoms with Gasteiger partial charge in [0.2, 0.25) is 0 Å². The summed E-state index contributed by atoms with van der Waals surface area (Å²) in [7, 11) is 0. The molecule has 0 saturated heterocycles. The van der Waals surface area contributed by atoms with E-state index in [2.05, 4.69) is 4.98 Å². The number of halogens is 1. The lowest BCUT2D eigenvalue weighted by Crippen LogP contribution is -2.40. The molecule has 0 saturated carbocycles. The lowest BCUT2D eigenvalue weighted by molar-refractivity contribution is 0.0220. The zero-order valence-corrected chi connectivity index (χ0v) is 20.3. The summed E-state index contributed by atoms with van der Waals surface area (Å²) in [6, 6.07) is 9.57. The first-order valence-electron chi connectivity index (χ1n) is 11.6. The minimum Gasteiger partial charge on any atom is -0.487 e. The minimum atomic E-state index is -0.558. The van der Waals surface area contributed by atoms with Crippen LogP contribution in [0.5, 0.6) is 5.75 Å². The Morgan fingerprint density at radius 1 is 1.14 bits per heavy atom. The van der Waals surface area contributed by atoms with E-state index in [1.54, 1.807) is 17.2 Å². The summed E-state index contributed by atoms with van der Waals surface area (Å²) < 4.78 is 27.6. The zero-order valence-electron chi connectivity index (χ0n) is 20.3. The number of amides is 1. The topological polar surface area (TPSA) is 91.0 Å². The summed E-state index contributed by atoms with van der Waals surface area (Å²) in [4.78, 5) is 35.7. The molecule has 186 valence electrons. The molecule has 1 aliphatic heterocycles. The van der Waals surface area contributed by atoms with E-state index in [9.17, 15) is 14.0 Å². The Morgan fingerprint density at radius 3 is 2.69 bits per heavy atom. The van der Waals surface area contributed by atoms with E-state index in [1.165, 1.54) is 22.8 Å². The van der Waals surface area contributed by atoms with Crippen LogP contribution >= 0.6 is 0 Å². The van der Waals surface area contributed by atoms with Crippen molar-refractivity contribution < 1.29 is 18.7 Å². The van der Waals surface area contributed by atoms with E-state index in [0.717, 1.165) is 17.6 Å². The average Bonchev–Trinajstić information content (AvgIpc) is 3.19. The molecule has 0 bridgehead atoms. The van der Waals surface area contributed by atoms with Gasteiger partial charge in [0.15, 0.2) is 0 Å². The Hall–Kier alpha value is -4.21. The third-order valence-electron chi connectivity index (χ3n) is 5.75. The standard InChI is InChI=1S/C26H26FN5O4/c1-26(2,3)36-25(34)30-9-8-21-22(15-30)32-10-6-19(12-23(32)29-21)31-11-7-20(13-24(31)33)35-16-18-5-4-17(27)14-28-18/h4-7,10-14H,8-9,15-16H2,1-3H3. The number of pyridine rings is 3.